The Kier molecular flexibility index (Phi) is 6.10. The smallest absolute Gasteiger partial charge is 0.338 e. The van der Waals surface area contributed by atoms with Crippen molar-refractivity contribution in [1.82, 2.24) is 0 Å². The molecule has 0 aromatic heterocycles. The number of aliphatic hydroxyl groups is 3. The van der Waals surface area contributed by atoms with E-state index in [0.29, 0.717) is 0 Å². The van der Waals surface area contributed by atoms with Crippen molar-refractivity contribution in [2.45, 2.75) is 18.6 Å². The van der Waals surface area contributed by atoms with E-state index in [9.17, 15) is 14.7 Å². The number of esters is 1. The van der Waals surface area contributed by atoms with Crippen molar-refractivity contribution < 1.29 is 34.8 Å². The Morgan fingerprint density at radius 2 is 1.80 bits per heavy atom. The van der Waals surface area contributed by atoms with Crippen molar-refractivity contribution in [3.8, 4) is 0 Å². The van der Waals surface area contributed by atoms with E-state index in [1.165, 1.54) is 24.3 Å². The predicted molar refractivity (Wildman–Crippen MR) is 67.4 cm³/mol. The number of hydrogen-bond acceptors (Lipinski definition) is 6. The molecular formula is C13H16O7. The van der Waals surface area contributed by atoms with Crippen LogP contribution < -0.4 is 0 Å². The molecule has 0 aliphatic heterocycles. The van der Waals surface area contributed by atoms with E-state index in [0.717, 1.165) is 0 Å². The Labute approximate surface area is 115 Å². The van der Waals surface area contributed by atoms with Gasteiger partial charge in [0.25, 0.3) is 0 Å². The number of carboxylic acids is 1. The quantitative estimate of drug-likeness (QED) is 0.504. The molecule has 2 atom stereocenters. The Balaban J connectivity index is 2.54. The zero-order chi connectivity index (χ0) is 15.1. The summed E-state index contributed by atoms with van der Waals surface area (Å²) >= 11 is 0. The van der Waals surface area contributed by atoms with Crippen LogP contribution in [0.1, 0.15) is 27.1 Å². The van der Waals surface area contributed by atoms with Crippen LogP contribution in [0.2, 0.25) is 0 Å². The van der Waals surface area contributed by atoms with Gasteiger partial charge in [0.05, 0.1) is 29.9 Å². The first kappa shape index (κ1) is 16.1. The van der Waals surface area contributed by atoms with Crippen molar-refractivity contribution in [3.63, 3.8) is 0 Å². The molecule has 0 aliphatic rings. The van der Waals surface area contributed by atoms with Crippen LogP contribution in [0.15, 0.2) is 24.3 Å². The van der Waals surface area contributed by atoms with Crippen LogP contribution in [0.25, 0.3) is 0 Å². The molecule has 1 aromatic carbocycles. The van der Waals surface area contributed by atoms with Gasteiger partial charge >= 0.3 is 11.9 Å². The summed E-state index contributed by atoms with van der Waals surface area (Å²) in [6.45, 7) is -0.848. The van der Waals surface area contributed by atoms with Gasteiger partial charge in [-0.3, -0.25) is 0 Å². The number of hydrogen-bond donors (Lipinski definition) is 4. The Hall–Kier alpha value is -1.96. The molecule has 20 heavy (non-hydrogen) atoms. The maximum absolute atomic E-state index is 11.6. The summed E-state index contributed by atoms with van der Waals surface area (Å²) in [7, 11) is 0. The van der Waals surface area contributed by atoms with E-state index < -0.39 is 30.8 Å². The monoisotopic (exact) mass is 284 g/mol. The molecule has 0 fully saturated rings. The van der Waals surface area contributed by atoms with Crippen LogP contribution in [0.5, 0.6) is 0 Å². The fourth-order valence-electron chi connectivity index (χ4n) is 1.49. The minimum absolute atomic E-state index is 0.0456. The van der Waals surface area contributed by atoms with Crippen LogP contribution in [0, 0.1) is 0 Å². The second-order valence-electron chi connectivity index (χ2n) is 4.21. The molecule has 0 heterocycles. The molecule has 0 amide bonds. The SMILES string of the molecule is O=C(O)c1cccc(C(=O)OCC(O)CC(O)CO)c1. The first-order chi connectivity index (χ1) is 9.43. The molecule has 0 radical (unpaired) electrons. The normalized spacial score (nSPS) is 13.6. The summed E-state index contributed by atoms with van der Waals surface area (Å²) in [5, 5.41) is 35.9. The number of aromatic carboxylic acids is 1. The van der Waals surface area contributed by atoms with Gasteiger partial charge < -0.3 is 25.2 Å². The highest BCUT2D eigenvalue weighted by molar-refractivity contribution is 5.94. The summed E-state index contributed by atoms with van der Waals surface area (Å²) in [6.07, 6.45) is -2.32. The number of rotatable bonds is 7. The van der Waals surface area contributed by atoms with Gasteiger partial charge in [-0.1, -0.05) is 6.07 Å². The number of ether oxygens (including phenoxy) is 1. The highest BCUT2D eigenvalue weighted by atomic mass is 16.5. The molecule has 1 aromatic rings. The van der Waals surface area contributed by atoms with Crippen LogP contribution in [0.4, 0.5) is 0 Å². The second kappa shape index (κ2) is 7.59. The number of carbonyl (C=O) groups is 2. The molecule has 1 rings (SSSR count). The zero-order valence-corrected chi connectivity index (χ0v) is 10.6. The number of benzene rings is 1. The highest BCUT2D eigenvalue weighted by Crippen LogP contribution is 2.08. The molecule has 0 bridgehead atoms. The molecule has 0 aliphatic carbocycles. The standard InChI is InChI=1S/C13H16O7/c14-6-10(15)5-11(16)7-20-13(19)9-3-1-2-8(4-9)12(17)18/h1-4,10-11,14-16H,5-7H2,(H,17,18). The van der Waals surface area contributed by atoms with Gasteiger partial charge in [0.2, 0.25) is 0 Å². The van der Waals surface area contributed by atoms with Gasteiger partial charge in [0, 0.05) is 6.42 Å². The lowest BCUT2D eigenvalue weighted by Gasteiger charge is -2.14. The topological polar surface area (TPSA) is 124 Å². The third-order valence-corrected chi connectivity index (χ3v) is 2.51. The van der Waals surface area contributed by atoms with Crippen LogP contribution >= 0.6 is 0 Å². The Bertz CT molecular complexity index is 472. The minimum Gasteiger partial charge on any atom is -0.478 e. The molecule has 7 heteroatoms. The Morgan fingerprint density at radius 3 is 2.40 bits per heavy atom. The van der Waals surface area contributed by atoms with Gasteiger partial charge in [0.1, 0.15) is 6.61 Å². The van der Waals surface area contributed by atoms with Gasteiger partial charge in [-0.25, -0.2) is 9.59 Å². The fourth-order valence-corrected chi connectivity index (χ4v) is 1.49. The molecule has 0 spiro atoms. The van der Waals surface area contributed by atoms with E-state index >= 15 is 0 Å². The fraction of sp³-hybridized carbons (Fsp3) is 0.385. The number of aliphatic hydroxyl groups excluding tert-OH is 3. The average molecular weight is 284 g/mol. The third kappa shape index (κ3) is 4.96. The molecule has 110 valence electrons. The maximum Gasteiger partial charge on any atom is 0.338 e. The first-order valence-electron chi connectivity index (χ1n) is 5.91. The summed E-state index contributed by atoms with van der Waals surface area (Å²) in [5.41, 5.74) is 0.00973. The van der Waals surface area contributed by atoms with E-state index in [1.807, 2.05) is 0 Å². The summed E-state index contributed by atoms with van der Waals surface area (Å²) in [4.78, 5) is 22.4. The van der Waals surface area contributed by atoms with Crippen molar-refractivity contribution >= 4 is 11.9 Å². The predicted octanol–water partition coefficient (Wildman–Crippen LogP) is -0.354. The second-order valence-corrected chi connectivity index (χ2v) is 4.21. The molecule has 4 N–H and O–H groups in total. The molecule has 7 nitrogen and oxygen atoms in total. The van der Waals surface area contributed by atoms with Crippen molar-refractivity contribution in [2.24, 2.45) is 0 Å². The summed E-state index contributed by atoms with van der Waals surface area (Å²) in [6, 6.07) is 5.31. The van der Waals surface area contributed by atoms with Crippen molar-refractivity contribution in [2.75, 3.05) is 13.2 Å². The molecule has 0 saturated heterocycles. The lowest BCUT2D eigenvalue weighted by Crippen LogP contribution is -2.26. The van der Waals surface area contributed by atoms with Gasteiger partial charge in [0.15, 0.2) is 0 Å². The Morgan fingerprint density at radius 1 is 1.15 bits per heavy atom. The lowest BCUT2D eigenvalue weighted by molar-refractivity contribution is -0.000827. The lowest BCUT2D eigenvalue weighted by atomic mass is 10.1. The van der Waals surface area contributed by atoms with Crippen molar-refractivity contribution in [1.29, 1.82) is 0 Å². The van der Waals surface area contributed by atoms with Crippen LogP contribution in [0.3, 0.4) is 0 Å². The first-order valence-corrected chi connectivity index (χ1v) is 5.91. The van der Waals surface area contributed by atoms with E-state index in [-0.39, 0.29) is 24.2 Å². The van der Waals surface area contributed by atoms with E-state index in [1.54, 1.807) is 0 Å². The summed E-state index contributed by atoms with van der Waals surface area (Å²) < 4.78 is 4.80. The largest absolute Gasteiger partial charge is 0.478 e. The van der Waals surface area contributed by atoms with Gasteiger partial charge in [-0.15, -0.1) is 0 Å². The third-order valence-electron chi connectivity index (χ3n) is 2.51. The zero-order valence-electron chi connectivity index (χ0n) is 10.6. The molecule has 0 saturated carbocycles. The molecular weight excluding hydrogens is 268 g/mol. The van der Waals surface area contributed by atoms with Gasteiger partial charge in [-0.05, 0) is 18.2 Å². The minimum atomic E-state index is -1.16. The number of carbonyl (C=O) groups excluding carboxylic acids is 1. The summed E-state index contributed by atoms with van der Waals surface area (Å²) in [5.74, 6) is -1.93. The van der Waals surface area contributed by atoms with Gasteiger partial charge in [-0.2, -0.15) is 0 Å². The number of carboxylic acid groups (broad SMARTS) is 1. The maximum atomic E-state index is 11.6. The average Bonchev–Trinajstić information content (AvgIpc) is 2.44. The van der Waals surface area contributed by atoms with E-state index in [2.05, 4.69) is 0 Å². The van der Waals surface area contributed by atoms with Crippen LogP contribution in [-0.4, -0.2) is 57.8 Å². The van der Waals surface area contributed by atoms with Crippen molar-refractivity contribution in [3.05, 3.63) is 35.4 Å². The van der Waals surface area contributed by atoms with Crippen LogP contribution in [-0.2, 0) is 4.74 Å². The molecule has 2 unspecified atom stereocenters. The van der Waals surface area contributed by atoms with E-state index in [4.69, 9.17) is 20.1 Å². The highest BCUT2D eigenvalue weighted by Gasteiger charge is 2.15.